The van der Waals surface area contributed by atoms with Crippen LogP contribution < -0.4 is 5.32 Å². The summed E-state index contributed by atoms with van der Waals surface area (Å²) in [6.07, 6.45) is 8.67. The maximum absolute atomic E-state index is 13.5. The fourth-order valence-electron chi connectivity index (χ4n) is 7.24. The number of nitrogens with one attached hydrogen (secondary N) is 1. The molecule has 1 amide bonds. The predicted molar refractivity (Wildman–Crippen MR) is 119 cm³/mol. The molecule has 0 aromatic carbocycles. The van der Waals surface area contributed by atoms with Gasteiger partial charge in [-0.1, -0.05) is 5.16 Å². The monoisotopic (exact) mass is 471 g/mol. The Morgan fingerprint density at radius 1 is 1.12 bits per heavy atom. The Morgan fingerprint density at radius 3 is 2.39 bits per heavy atom. The van der Waals surface area contributed by atoms with E-state index in [1.807, 2.05) is 0 Å². The lowest BCUT2D eigenvalue weighted by Crippen LogP contribution is -2.52. The molecule has 4 fully saturated rings. The molecule has 2 aromatic rings. The van der Waals surface area contributed by atoms with Crippen molar-refractivity contribution in [3.63, 3.8) is 0 Å². The molecule has 2 aromatic heterocycles. The molecular weight excluding hydrogens is 442 g/mol. The summed E-state index contributed by atoms with van der Waals surface area (Å²) in [6.45, 7) is 3.64. The van der Waals surface area contributed by atoms with Gasteiger partial charge in [0, 0.05) is 12.1 Å². The number of carbonyl (C=O) groups excluding carboxylic acids is 1. The summed E-state index contributed by atoms with van der Waals surface area (Å²) in [4.78, 5) is 22.4. The number of hydrogen-bond acceptors (Lipinski definition) is 7. The van der Waals surface area contributed by atoms with Gasteiger partial charge in [0.05, 0.1) is 17.7 Å². The normalized spacial score (nSPS) is 30.9. The van der Waals surface area contributed by atoms with E-state index in [0.29, 0.717) is 41.4 Å². The van der Waals surface area contributed by atoms with Gasteiger partial charge in [-0.25, -0.2) is 18.4 Å². The lowest BCUT2D eigenvalue weighted by Gasteiger charge is -2.55. The first-order valence-electron chi connectivity index (χ1n) is 11.8. The van der Waals surface area contributed by atoms with Crippen molar-refractivity contribution in [2.75, 3.05) is 11.9 Å². The Balaban J connectivity index is 1.24. The number of sulfonamides is 1. The van der Waals surface area contributed by atoms with E-state index in [0.717, 1.165) is 24.8 Å². The summed E-state index contributed by atoms with van der Waals surface area (Å²) < 4.78 is 32.9. The molecule has 4 aliphatic carbocycles. The zero-order valence-corrected chi connectivity index (χ0v) is 19.8. The first-order chi connectivity index (χ1) is 15.7. The van der Waals surface area contributed by atoms with Crippen LogP contribution in [-0.4, -0.2) is 40.3 Å². The van der Waals surface area contributed by atoms with Crippen LogP contribution in [-0.2, 0) is 27.8 Å². The van der Waals surface area contributed by atoms with Crippen molar-refractivity contribution >= 4 is 21.7 Å². The molecule has 3 heterocycles. The largest absolute Gasteiger partial charge is 0.360 e. The number of aryl methyl sites for hydroxylation is 2. The molecule has 10 heteroatoms. The minimum atomic E-state index is -3.76. The van der Waals surface area contributed by atoms with Gasteiger partial charge in [0.25, 0.3) is 0 Å². The third kappa shape index (κ3) is 3.32. The third-order valence-electron chi connectivity index (χ3n) is 8.29. The number of carbonyl (C=O) groups is 1. The summed E-state index contributed by atoms with van der Waals surface area (Å²) in [5.74, 6) is 2.96. The summed E-state index contributed by atoms with van der Waals surface area (Å²) in [6, 6.07) is 0. The van der Waals surface area contributed by atoms with Crippen molar-refractivity contribution in [2.24, 2.45) is 23.2 Å². The van der Waals surface area contributed by atoms with Gasteiger partial charge in [-0.05, 0) is 76.5 Å². The first kappa shape index (κ1) is 21.2. The molecule has 0 unspecified atom stereocenters. The van der Waals surface area contributed by atoms with E-state index in [2.05, 4.69) is 20.4 Å². The second kappa shape index (κ2) is 7.33. The molecule has 0 radical (unpaired) electrons. The molecule has 1 N–H and O–H groups in total. The standard InChI is InChI=1S/C23H29N5O4S/c1-13-20(14(2)32-27-13)33(30,31)28-4-3-18-19(11-28)24-12-25-21(18)26-22(29)23-8-15-5-16(9-23)7-17(6-15)10-23/h12,15-17H,3-11H2,1-2H3,(H,24,25,26,29). The van der Waals surface area contributed by atoms with Crippen LogP contribution in [0.5, 0.6) is 0 Å². The lowest BCUT2D eigenvalue weighted by atomic mass is 9.49. The van der Waals surface area contributed by atoms with Gasteiger partial charge < -0.3 is 9.84 Å². The van der Waals surface area contributed by atoms with E-state index in [9.17, 15) is 13.2 Å². The van der Waals surface area contributed by atoms with Crippen LogP contribution in [0, 0.1) is 37.0 Å². The Morgan fingerprint density at radius 2 is 1.79 bits per heavy atom. The predicted octanol–water partition coefficient (Wildman–Crippen LogP) is 2.98. The SMILES string of the molecule is Cc1noc(C)c1S(=O)(=O)N1CCc2c(ncnc2NC(=O)C23CC4CC(CC(C4)C2)C3)C1. The van der Waals surface area contributed by atoms with Crippen molar-refractivity contribution in [3.05, 3.63) is 29.0 Å². The van der Waals surface area contributed by atoms with Crippen molar-refractivity contribution in [1.82, 2.24) is 19.4 Å². The van der Waals surface area contributed by atoms with E-state index in [1.165, 1.54) is 29.9 Å². The lowest BCUT2D eigenvalue weighted by molar-refractivity contribution is -0.140. The molecule has 33 heavy (non-hydrogen) atoms. The van der Waals surface area contributed by atoms with Gasteiger partial charge in [0.1, 0.15) is 22.7 Å². The quantitative estimate of drug-likeness (QED) is 0.728. The number of aromatic nitrogens is 3. The molecular formula is C23H29N5O4S. The van der Waals surface area contributed by atoms with E-state index in [-0.39, 0.29) is 35.1 Å². The summed E-state index contributed by atoms with van der Waals surface area (Å²) in [7, 11) is -3.76. The highest BCUT2D eigenvalue weighted by Crippen LogP contribution is 2.60. The van der Waals surface area contributed by atoms with Crippen LogP contribution in [0.3, 0.4) is 0 Å². The van der Waals surface area contributed by atoms with Gasteiger partial charge in [-0.15, -0.1) is 0 Å². The highest BCUT2D eigenvalue weighted by Gasteiger charge is 2.54. The Hall–Kier alpha value is -2.33. The molecule has 9 nitrogen and oxygen atoms in total. The minimum Gasteiger partial charge on any atom is -0.360 e. The first-order valence-corrected chi connectivity index (χ1v) is 13.3. The topological polar surface area (TPSA) is 118 Å². The number of fused-ring (bicyclic) bond motifs is 1. The Labute approximate surface area is 193 Å². The van der Waals surface area contributed by atoms with Crippen LogP contribution in [0.2, 0.25) is 0 Å². The number of rotatable bonds is 4. The molecule has 176 valence electrons. The van der Waals surface area contributed by atoms with Gasteiger partial charge in [0.15, 0.2) is 5.76 Å². The second-order valence-corrected chi connectivity index (χ2v) is 12.4. The van der Waals surface area contributed by atoms with Gasteiger partial charge in [-0.2, -0.15) is 4.31 Å². The average Bonchev–Trinajstić information content (AvgIpc) is 3.11. The van der Waals surface area contributed by atoms with Crippen LogP contribution in [0.25, 0.3) is 0 Å². The summed E-state index contributed by atoms with van der Waals surface area (Å²) in [5.41, 5.74) is 1.55. The van der Waals surface area contributed by atoms with Gasteiger partial charge in [0.2, 0.25) is 15.9 Å². The maximum Gasteiger partial charge on any atom is 0.248 e. The highest BCUT2D eigenvalue weighted by molar-refractivity contribution is 7.89. The van der Waals surface area contributed by atoms with E-state index >= 15 is 0 Å². The summed E-state index contributed by atoms with van der Waals surface area (Å²) >= 11 is 0. The second-order valence-electron chi connectivity index (χ2n) is 10.5. The number of nitrogens with zero attached hydrogens (tertiary/aromatic N) is 4. The van der Waals surface area contributed by atoms with Crippen molar-refractivity contribution < 1.29 is 17.7 Å². The minimum absolute atomic E-state index is 0.0910. The van der Waals surface area contributed by atoms with Crippen molar-refractivity contribution in [1.29, 1.82) is 0 Å². The van der Waals surface area contributed by atoms with Crippen molar-refractivity contribution in [3.8, 4) is 0 Å². The molecule has 0 spiro atoms. The van der Waals surface area contributed by atoms with Crippen LogP contribution in [0.4, 0.5) is 5.82 Å². The van der Waals surface area contributed by atoms with Gasteiger partial charge in [-0.3, -0.25) is 4.79 Å². The maximum atomic E-state index is 13.5. The number of amides is 1. The van der Waals surface area contributed by atoms with E-state index < -0.39 is 10.0 Å². The average molecular weight is 472 g/mol. The van der Waals surface area contributed by atoms with Crippen LogP contribution in [0.1, 0.15) is 61.2 Å². The molecule has 1 aliphatic heterocycles. The zero-order valence-electron chi connectivity index (χ0n) is 19.0. The molecule has 0 atom stereocenters. The molecule has 4 saturated carbocycles. The van der Waals surface area contributed by atoms with Gasteiger partial charge >= 0.3 is 0 Å². The zero-order chi connectivity index (χ0) is 23.0. The molecule has 4 bridgehead atoms. The highest BCUT2D eigenvalue weighted by atomic mass is 32.2. The van der Waals surface area contributed by atoms with E-state index in [4.69, 9.17) is 4.52 Å². The number of hydrogen-bond donors (Lipinski definition) is 1. The molecule has 0 saturated heterocycles. The molecule has 5 aliphatic rings. The van der Waals surface area contributed by atoms with E-state index in [1.54, 1.807) is 13.8 Å². The third-order valence-corrected chi connectivity index (χ3v) is 10.4. The molecule has 7 rings (SSSR count). The fourth-order valence-corrected chi connectivity index (χ4v) is 8.94. The van der Waals surface area contributed by atoms with Crippen molar-refractivity contribution in [2.45, 2.75) is 70.2 Å². The van der Waals surface area contributed by atoms with Crippen LogP contribution >= 0.6 is 0 Å². The summed E-state index contributed by atoms with van der Waals surface area (Å²) in [5, 5.41) is 6.94. The Bertz CT molecular complexity index is 1180. The Kier molecular flexibility index (Phi) is 4.72. The number of anilines is 1. The fraction of sp³-hybridized carbons (Fsp3) is 0.652. The smallest absolute Gasteiger partial charge is 0.248 e. The van der Waals surface area contributed by atoms with Crippen LogP contribution in [0.15, 0.2) is 15.7 Å².